The fraction of sp³-hybridized carbons (Fsp3) is 0.364. The average Bonchev–Trinajstić information content (AvgIpc) is 2.55. The van der Waals surface area contributed by atoms with Crippen LogP contribution in [0.3, 0.4) is 0 Å². The molecular formula is C11H11. The highest BCUT2D eigenvalue weighted by Crippen LogP contribution is 2.60. The van der Waals surface area contributed by atoms with Gasteiger partial charge in [0.1, 0.15) is 0 Å². The van der Waals surface area contributed by atoms with Crippen molar-refractivity contribution in [2.24, 2.45) is 11.8 Å². The van der Waals surface area contributed by atoms with Crippen LogP contribution in [0.2, 0.25) is 0 Å². The molecule has 1 radical (unpaired) electrons. The molecule has 2 aliphatic rings. The Balaban J connectivity index is 2.13. The topological polar surface area (TPSA) is 0 Å². The van der Waals surface area contributed by atoms with Gasteiger partial charge in [0.15, 0.2) is 0 Å². The fourth-order valence-corrected chi connectivity index (χ4v) is 2.48. The molecule has 0 heteroatoms. The first-order valence-electron chi connectivity index (χ1n) is 4.29. The standard InChI is InChI=1S/C11H11/c1-7-10-6-8-4-2-3-5-9(8)11(7)10/h2-5,7,10-11H,1,6H2/t7-,10+,11+/m1/s1. The lowest BCUT2D eigenvalue weighted by atomic mass is 10.0. The van der Waals surface area contributed by atoms with Gasteiger partial charge >= 0.3 is 0 Å². The zero-order valence-electron chi connectivity index (χ0n) is 6.46. The molecule has 0 bridgehead atoms. The Kier molecular flexibility index (Phi) is 0.892. The number of rotatable bonds is 0. The zero-order chi connectivity index (χ0) is 7.42. The van der Waals surface area contributed by atoms with Crippen LogP contribution in [0.4, 0.5) is 0 Å². The first-order valence-corrected chi connectivity index (χ1v) is 4.29. The summed E-state index contributed by atoms with van der Waals surface area (Å²) in [6.07, 6.45) is 1.29. The van der Waals surface area contributed by atoms with Gasteiger partial charge in [-0.3, -0.25) is 0 Å². The Morgan fingerprint density at radius 3 is 3.00 bits per heavy atom. The van der Waals surface area contributed by atoms with E-state index >= 15 is 0 Å². The molecule has 11 heavy (non-hydrogen) atoms. The molecule has 3 atom stereocenters. The summed E-state index contributed by atoms with van der Waals surface area (Å²) < 4.78 is 0. The van der Waals surface area contributed by atoms with Crippen LogP contribution in [0.5, 0.6) is 0 Å². The van der Waals surface area contributed by atoms with E-state index in [1.54, 1.807) is 11.1 Å². The SMILES string of the molecule is [CH2][C@@H]1[C@@H]2Cc3ccccc3[C@H]12. The van der Waals surface area contributed by atoms with E-state index in [2.05, 4.69) is 31.2 Å². The second kappa shape index (κ2) is 1.69. The van der Waals surface area contributed by atoms with E-state index in [-0.39, 0.29) is 0 Å². The zero-order valence-corrected chi connectivity index (χ0v) is 6.46. The van der Waals surface area contributed by atoms with Crippen LogP contribution in [0, 0.1) is 18.8 Å². The molecular weight excluding hydrogens is 132 g/mol. The predicted molar refractivity (Wildman–Crippen MR) is 45.2 cm³/mol. The van der Waals surface area contributed by atoms with Crippen molar-refractivity contribution in [3.05, 3.63) is 42.3 Å². The van der Waals surface area contributed by atoms with Crippen LogP contribution in [-0.2, 0) is 6.42 Å². The van der Waals surface area contributed by atoms with Gasteiger partial charge in [-0.1, -0.05) is 24.3 Å². The molecule has 1 fully saturated rings. The molecule has 0 spiro atoms. The minimum Gasteiger partial charge on any atom is -0.0620 e. The molecule has 1 aromatic carbocycles. The van der Waals surface area contributed by atoms with Crippen LogP contribution >= 0.6 is 0 Å². The Labute approximate surface area is 67.2 Å². The predicted octanol–water partition coefficient (Wildman–Crippen LogP) is 2.41. The van der Waals surface area contributed by atoms with Gasteiger partial charge in [0.2, 0.25) is 0 Å². The van der Waals surface area contributed by atoms with Crippen molar-refractivity contribution >= 4 is 0 Å². The maximum absolute atomic E-state index is 4.13. The first-order chi connectivity index (χ1) is 5.38. The van der Waals surface area contributed by atoms with E-state index in [0.29, 0.717) is 0 Å². The van der Waals surface area contributed by atoms with Crippen molar-refractivity contribution in [3.63, 3.8) is 0 Å². The van der Waals surface area contributed by atoms with Crippen molar-refractivity contribution in [1.29, 1.82) is 0 Å². The average molecular weight is 143 g/mol. The Hall–Kier alpha value is -0.780. The third-order valence-corrected chi connectivity index (χ3v) is 3.20. The molecule has 0 heterocycles. The first kappa shape index (κ1) is 5.82. The summed E-state index contributed by atoms with van der Waals surface area (Å²) in [6, 6.07) is 8.81. The molecule has 2 aliphatic carbocycles. The normalized spacial score (nSPS) is 38.1. The van der Waals surface area contributed by atoms with E-state index in [0.717, 1.165) is 17.8 Å². The van der Waals surface area contributed by atoms with E-state index in [1.165, 1.54) is 6.42 Å². The Morgan fingerprint density at radius 1 is 1.27 bits per heavy atom. The van der Waals surface area contributed by atoms with Gasteiger partial charge in [-0.15, -0.1) is 0 Å². The van der Waals surface area contributed by atoms with E-state index in [1.807, 2.05) is 0 Å². The molecule has 0 unspecified atom stereocenters. The van der Waals surface area contributed by atoms with Gasteiger partial charge in [0, 0.05) is 0 Å². The lowest BCUT2D eigenvalue weighted by Gasteiger charge is -2.02. The molecule has 3 rings (SSSR count). The largest absolute Gasteiger partial charge is 0.0620 e. The highest BCUT2D eigenvalue weighted by atomic mass is 14.6. The lowest BCUT2D eigenvalue weighted by Crippen LogP contribution is -1.89. The highest BCUT2D eigenvalue weighted by molar-refractivity contribution is 5.43. The van der Waals surface area contributed by atoms with Crippen molar-refractivity contribution in [3.8, 4) is 0 Å². The summed E-state index contributed by atoms with van der Waals surface area (Å²) in [4.78, 5) is 0. The quantitative estimate of drug-likeness (QED) is 0.523. The summed E-state index contributed by atoms with van der Waals surface area (Å²) in [7, 11) is 0. The van der Waals surface area contributed by atoms with Gasteiger partial charge < -0.3 is 0 Å². The summed E-state index contributed by atoms with van der Waals surface area (Å²) in [6.45, 7) is 4.13. The van der Waals surface area contributed by atoms with Crippen LogP contribution in [0.25, 0.3) is 0 Å². The monoisotopic (exact) mass is 143 g/mol. The molecule has 0 nitrogen and oxygen atoms in total. The van der Waals surface area contributed by atoms with Crippen molar-refractivity contribution in [2.45, 2.75) is 12.3 Å². The van der Waals surface area contributed by atoms with Crippen LogP contribution in [0.1, 0.15) is 17.0 Å². The Morgan fingerprint density at radius 2 is 2.09 bits per heavy atom. The number of hydrogen-bond donors (Lipinski definition) is 0. The minimum absolute atomic E-state index is 0.727. The van der Waals surface area contributed by atoms with Crippen LogP contribution in [-0.4, -0.2) is 0 Å². The molecule has 0 N–H and O–H groups in total. The fourth-order valence-electron chi connectivity index (χ4n) is 2.48. The number of fused-ring (bicyclic) bond motifs is 3. The van der Waals surface area contributed by atoms with Crippen LogP contribution in [0.15, 0.2) is 24.3 Å². The van der Waals surface area contributed by atoms with E-state index < -0.39 is 0 Å². The Bertz CT molecular complexity index is 301. The highest BCUT2D eigenvalue weighted by Gasteiger charge is 2.52. The van der Waals surface area contributed by atoms with E-state index in [9.17, 15) is 0 Å². The van der Waals surface area contributed by atoms with Gasteiger partial charge in [-0.05, 0) is 42.2 Å². The molecule has 0 aromatic heterocycles. The summed E-state index contributed by atoms with van der Waals surface area (Å²) in [5.41, 5.74) is 3.15. The molecule has 1 saturated carbocycles. The van der Waals surface area contributed by atoms with Crippen LogP contribution < -0.4 is 0 Å². The van der Waals surface area contributed by atoms with Gasteiger partial charge in [-0.2, -0.15) is 0 Å². The molecule has 0 amide bonds. The third kappa shape index (κ3) is 0.604. The minimum atomic E-state index is 0.727. The maximum atomic E-state index is 4.13. The lowest BCUT2D eigenvalue weighted by molar-refractivity contribution is 0.796. The van der Waals surface area contributed by atoms with Crippen molar-refractivity contribution in [2.75, 3.05) is 0 Å². The van der Waals surface area contributed by atoms with Crippen molar-refractivity contribution < 1.29 is 0 Å². The summed E-state index contributed by atoms with van der Waals surface area (Å²) in [5, 5.41) is 0. The smallest absolute Gasteiger partial charge is 0.00935 e. The second-order valence-electron chi connectivity index (χ2n) is 3.76. The second-order valence-corrected chi connectivity index (χ2v) is 3.76. The number of benzene rings is 1. The third-order valence-electron chi connectivity index (χ3n) is 3.20. The molecule has 55 valence electrons. The maximum Gasteiger partial charge on any atom is -0.00935 e. The molecule has 1 aromatic rings. The molecule has 0 aliphatic heterocycles. The van der Waals surface area contributed by atoms with E-state index in [4.69, 9.17) is 0 Å². The van der Waals surface area contributed by atoms with Crippen molar-refractivity contribution in [1.82, 2.24) is 0 Å². The van der Waals surface area contributed by atoms with Gasteiger partial charge in [-0.25, -0.2) is 0 Å². The van der Waals surface area contributed by atoms with Gasteiger partial charge in [0.25, 0.3) is 0 Å². The molecule has 0 saturated heterocycles. The summed E-state index contributed by atoms with van der Waals surface area (Å²) in [5.74, 6) is 2.45. The van der Waals surface area contributed by atoms with Gasteiger partial charge in [0.05, 0.1) is 0 Å². The number of hydrogen-bond acceptors (Lipinski definition) is 0. The summed E-state index contributed by atoms with van der Waals surface area (Å²) >= 11 is 0.